The number of rotatable bonds is 5. The fourth-order valence-electron chi connectivity index (χ4n) is 2.41. The van der Waals surface area contributed by atoms with Crippen LogP contribution >= 0.6 is 0 Å². The fraction of sp³-hybridized carbons (Fsp3) is 1.00. The molecule has 0 aromatic carbocycles. The lowest BCUT2D eigenvalue weighted by Crippen LogP contribution is -2.29. The van der Waals surface area contributed by atoms with Crippen molar-refractivity contribution in [1.29, 1.82) is 0 Å². The lowest BCUT2D eigenvalue weighted by atomic mass is 10.0. The molecule has 0 bridgehead atoms. The van der Waals surface area contributed by atoms with E-state index in [-0.39, 0.29) is 0 Å². The van der Waals surface area contributed by atoms with Crippen molar-refractivity contribution in [3.05, 3.63) is 0 Å². The van der Waals surface area contributed by atoms with E-state index >= 15 is 0 Å². The molecule has 1 atom stereocenters. The van der Waals surface area contributed by atoms with Crippen LogP contribution in [0.3, 0.4) is 0 Å². The summed E-state index contributed by atoms with van der Waals surface area (Å²) in [6.45, 7) is 4.75. The van der Waals surface area contributed by atoms with Gasteiger partial charge in [0.2, 0.25) is 0 Å². The molecule has 2 aliphatic rings. The van der Waals surface area contributed by atoms with Crippen LogP contribution in [0.4, 0.5) is 0 Å². The Labute approximate surface area is 92.8 Å². The van der Waals surface area contributed by atoms with Gasteiger partial charge < -0.3 is 15.3 Å². The quantitative estimate of drug-likeness (QED) is 0.708. The second kappa shape index (κ2) is 5.83. The minimum absolute atomic E-state index is 0.311. The molecule has 15 heavy (non-hydrogen) atoms. The normalized spacial score (nSPS) is 29.0. The van der Waals surface area contributed by atoms with Crippen LogP contribution in [0.2, 0.25) is 0 Å². The summed E-state index contributed by atoms with van der Waals surface area (Å²) in [5.74, 6) is 0.870. The molecule has 0 radical (unpaired) electrons. The van der Waals surface area contributed by atoms with Gasteiger partial charge >= 0.3 is 0 Å². The first-order chi connectivity index (χ1) is 7.38. The van der Waals surface area contributed by atoms with Gasteiger partial charge in [-0.1, -0.05) is 0 Å². The zero-order valence-corrected chi connectivity index (χ0v) is 9.62. The van der Waals surface area contributed by atoms with Crippen molar-refractivity contribution in [2.75, 3.05) is 32.8 Å². The Kier molecular flexibility index (Phi) is 4.42. The van der Waals surface area contributed by atoms with Gasteiger partial charge in [-0.25, -0.2) is 0 Å². The molecular weight excluding hydrogens is 188 g/mol. The highest BCUT2D eigenvalue weighted by atomic mass is 16.3. The highest BCUT2D eigenvalue weighted by Gasteiger charge is 2.23. The van der Waals surface area contributed by atoms with Gasteiger partial charge in [0.25, 0.3) is 0 Å². The SMILES string of the molecule is OCCN1CCCC(CNC2CC2)CC1. The Morgan fingerprint density at radius 3 is 2.73 bits per heavy atom. The van der Waals surface area contributed by atoms with Crippen LogP contribution in [-0.4, -0.2) is 48.8 Å². The first-order valence-corrected chi connectivity index (χ1v) is 6.45. The third-order valence-electron chi connectivity index (χ3n) is 3.63. The second-order valence-electron chi connectivity index (χ2n) is 5.04. The average molecular weight is 212 g/mol. The Hall–Kier alpha value is -0.120. The predicted octanol–water partition coefficient (Wildman–Crippen LogP) is 0.833. The molecule has 1 unspecified atom stereocenters. The number of likely N-dealkylation sites (tertiary alicyclic amines) is 1. The van der Waals surface area contributed by atoms with Crippen LogP contribution in [0.1, 0.15) is 32.1 Å². The Morgan fingerprint density at radius 1 is 1.13 bits per heavy atom. The van der Waals surface area contributed by atoms with E-state index in [0.29, 0.717) is 6.61 Å². The van der Waals surface area contributed by atoms with Gasteiger partial charge in [-0.05, 0) is 57.7 Å². The number of nitrogens with one attached hydrogen (secondary N) is 1. The van der Waals surface area contributed by atoms with Gasteiger partial charge in [0.1, 0.15) is 0 Å². The summed E-state index contributed by atoms with van der Waals surface area (Å²) in [7, 11) is 0. The van der Waals surface area contributed by atoms with E-state index in [0.717, 1.165) is 18.5 Å². The van der Waals surface area contributed by atoms with Crippen LogP contribution in [0.25, 0.3) is 0 Å². The molecule has 2 fully saturated rings. The summed E-state index contributed by atoms with van der Waals surface area (Å²) in [4.78, 5) is 2.40. The summed E-state index contributed by atoms with van der Waals surface area (Å²) in [6.07, 6.45) is 6.76. The highest BCUT2D eigenvalue weighted by molar-refractivity contribution is 4.82. The zero-order chi connectivity index (χ0) is 10.5. The fourth-order valence-corrected chi connectivity index (χ4v) is 2.41. The van der Waals surface area contributed by atoms with E-state index in [1.165, 1.54) is 51.7 Å². The maximum atomic E-state index is 8.91. The van der Waals surface area contributed by atoms with Crippen LogP contribution < -0.4 is 5.32 Å². The summed E-state index contributed by atoms with van der Waals surface area (Å²) in [6, 6.07) is 0.849. The second-order valence-corrected chi connectivity index (χ2v) is 5.04. The zero-order valence-electron chi connectivity index (χ0n) is 9.62. The van der Waals surface area contributed by atoms with Crippen molar-refractivity contribution >= 4 is 0 Å². The summed E-state index contributed by atoms with van der Waals surface area (Å²) >= 11 is 0. The van der Waals surface area contributed by atoms with E-state index in [2.05, 4.69) is 10.2 Å². The summed E-state index contributed by atoms with van der Waals surface area (Å²) in [5, 5.41) is 12.5. The summed E-state index contributed by atoms with van der Waals surface area (Å²) in [5.41, 5.74) is 0. The highest BCUT2D eigenvalue weighted by Crippen LogP contribution is 2.21. The lowest BCUT2D eigenvalue weighted by Gasteiger charge is -2.18. The van der Waals surface area contributed by atoms with Crippen molar-refractivity contribution in [3.63, 3.8) is 0 Å². The molecule has 0 amide bonds. The molecule has 1 heterocycles. The minimum Gasteiger partial charge on any atom is -0.395 e. The van der Waals surface area contributed by atoms with E-state index < -0.39 is 0 Å². The number of β-amino-alcohol motifs (C(OH)–C–C–N with tert-alkyl or cyclic N) is 1. The topological polar surface area (TPSA) is 35.5 Å². The minimum atomic E-state index is 0.311. The largest absolute Gasteiger partial charge is 0.395 e. The smallest absolute Gasteiger partial charge is 0.0558 e. The molecular formula is C12H24N2O. The van der Waals surface area contributed by atoms with Crippen LogP contribution in [-0.2, 0) is 0 Å². The van der Waals surface area contributed by atoms with Gasteiger partial charge in [-0.15, -0.1) is 0 Å². The van der Waals surface area contributed by atoms with Crippen molar-refractivity contribution < 1.29 is 5.11 Å². The van der Waals surface area contributed by atoms with Gasteiger partial charge in [0, 0.05) is 12.6 Å². The molecule has 2 N–H and O–H groups in total. The molecule has 1 saturated carbocycles. The predicted molar refractivity (Wildman–Crippen MR) is 61.9 cm³/mol. The number of hydrogen-bond acceptors (Lipinski definition) is 3. The van der Waals surface area contributed by atoms with E-state index in [1.807, 2.05) is 0 Å². The Balaban J connectivity index is 1.64. The molecule has 1 aliphatic heterocycles. The standard InChI is InChI=1S/C12H24N2O/c15-9-8-14-6-1-2-11(5-7-14)10-13-12-3-4-12/h11-13,15H,1-10H2. The van der Waals surface area contributed by atoms with Crippen LogP contribution in [0.5, 0.6) is 0 Å². The molecule has 1 saturated heterocycles. The van der Waals surface area contributed by atoms with Crippen molar-refractivity contribution in [2.45, 2.75) is 38.1 Å². The molecule has 88 valence electrons. The third-order valence-corrected chi connectivity index (χ3v) is 3.63. The van der Waals surface area contributed by atoms with Crippen LogP contribution in [0, 0.1) is 5.92 Å². The first kappa shape index (κ1) is 11.4. The van der Waals surface area contributed by atoms with Gasteiger partial charge in [0.05, 0.1) is 6.61 Å². The summed E-state index contributed by atoms with van der Waals surface area (Å²) < 4.78 is 0. The van der Waals surface area contributed by atoms with Gasteiger partial charge in [0.15, 0.2) is 0 Å². The molecule has 3 nitrogen and oxygen atoms in total. The number of hydrogen-bond donors (Lipinski definition) is 2. The lowest BCUT2D eigenvalue weighted by molar-refractivity contribution is 0.199. The first-order valence-electron chi connectivity index (χ1n) is 6.45. The number of aliphatic hydroxyl groups is 1. The van der Waals surface area contributed by atoms with E-state index in [1.54, 1.807) is 0 Å². The van der Waals surface area contributed by atoms with Crippen LogP contribution in [0.15, 0.2) is 0 Å². The monoisotopic (exact) mass is 212 g/mol. The maximum absolute atomic E-state index is 8.91. The number of nitrogens with zero attached hydrogens (tertiary/aromatic N) is 1. The van der Waals surface area contributed by atoms with E-state index in [4.69, 9.17) is 5.11 Å². The molecule has 0 spiro atoms. The molecule has 0 aromatic rings. The Bertz CT molecular complexity index is 182. The van der Waals surface area contributed by atoms with Crippen molar-refractivity contribution in [3.8, 4) is 0 Å². The van der Waals surface area contributed by atoms with Crippen molar-refractivity contribution in [1.82, 2.24) is 10.2 Å². The van der Waals surface area contributed by atoms with E-state index in [9.17, 15) is 0 Å². The van der Waals surface area contributed by atoms with Gasteiger partial charge in [-0.3, -0.25) is 0 Å². The van der Waals surface area contributed by atoms with Crippen molar-refractivity contribution in [2.24, 2.45) is 5.92 Å². The molecule has 1 aliphatic carbocycles. The third kappa shape index (κ3) is 4.09. The Morgan fingerprint density at radius 2 is 2.00 bits per heavy atom. The molecule has 2 rings (SSSR count). The molecule has 3 heteroatoms. The van der Waals surface area contributed by atoms with Gasteiger partial charge in [-0.2, -0.15) is 0 Å². The average Bonchev–Trinajstić information content (AvgIpc) is 3.02. The number of aliphatic hydroxyl groups excluding tert-OH is 1. The molecule has 0 aromatic heterocycles. The maximum Gasteiger partial charge on any atom is 0.0558 e.